The summed E-state index contributed by atoms with van der Waals surface area (Å²) in [5.41, 5.74) is 1.86. The molecule has 10 heteroatoms. The van der Waals surface area contributed by atoms with Gasteiger partial charge in [0, 0.05) is 24.2 Å². The van der Waals surface area contributed by atoms with Crippen molar-refractivity contribution in [1.29, 1.82) is 0 Å². The molecule has 3 rings (SSSR count). The summed E-state index contributed by atoms with van der Waals surface area (Å²) < 4.78 is 0. The van der Waals surface area contributed by atoms with E-state index in [0.29, 0.717) is 18.2 Å². The number of benzene rings is 3. The van der Waals surface area contributed by atoms with Crippen molar-refractivity contribution >= 4 is 29.1 Å². The lowest BCUT2D eigenvalue weighted by Crippen LogP contribution is -2.53. The summed E-state index contributed by atoms with van der Waals surface area (Å²) in [4.78, 5) is 50.1. The molecule has 3 atom stereocenters. The topological polar surface area (TPSA) is 142 Å². The van der Waals surface area contributed by atoms with E-state index in [9.17, 15) is 24.5 Å². The lowest BCUT2D eigenvalue weighted by molar-refractivity contribution is -0.384. The number of non-ortho nitro benzene ring substituents is 1. The van der Waals surface area contributed by atoms with E-state index in [-0.39, 0.29) is 18.0 Å². The van der Waals surface area contributed by atoms with Crippen molar-refractivity contribution in [2.75, 3.05) is 11.9 Å². The first kappa shape index (κ1) is 31.0. The molecule has 0 spiro atoms. The number of hydrogen-bond donors (Lipinski definition) is 4. The first-order chi connectivity index (χ1) is 19.6. The molecule has 41 heavy (non-hydrogen) atoms. The molecule has 0 unspecified atom stereocenters. The fourth-order valence-electron chi connectivity index (χ4n) is 4.14. The van der Waals surface area contributed by atoms with E-state index in [0.717, 1.165) is 17.5 Å². The number of nitrogens with one attached hydrogen (secondary N) is 4. The fourth-order valence-corrected chi connectivity index (χ4v) is 4.14. The molecule has 0 bridgehead atoms. The zero-order chi connectivity index (χ0) is 29.8. The summed E-state index contributed by atoms with van der Waals surface area (Å²) in [6, 6.07) is 21.4. The second-order valence-corrected chi connectivity index (χ2v) is 10.3. The Labute approximate surface area is 240 Å². The number of anilines is 1. The Morgan fingerprint density at radius 3 is 1.98 bits per heavy atom. The predicted molar refractivity (Wildman–Crippen MR) is 158 cm³/mol. The number of nitro groups is 1. The maximum absolute atomic E-state index is 13.3. The van der Waals surface area contributed by atoms with Gasteiger partial charge in [-0.25, -0.2) is 0 Å². The average molecular weight is 560 g/mol. The second kappa shape index (κ2) is 15.3. The van der Waals surface area contributed by atoms with Gasteiger partial charge in [-0.15, -0.1) is 0 Å². The van der Waals surface area contributed by atoms with E-state index in [2.05, 4.69) is 35.1 Å². The molecule has 0 heterocycles. The van der Waals surface area contributed by atoms with Crippen LogP contribution in [0.2, 0.25) is 0 Å². The normalized spacial score (nSPS) is 13.1. The summed E-state index contributed by atoms with van der Waals surface area (Å²) in [7, 11) is 0. The number of carbonyl (C=O) groups is 3. The van der Waals surface area contributed by atoms with E-state index in [1.54, 1.807) is 6.92 Å². The van der Waals surface area contributed by atoms with Gasteiger partial charge < -0.3 is 21.3 Å². The van der Waals surface area contributed by atoms with Crippen LogP contribution in [0.4, 0.5) is 11.4 Å². The van der Waals surface area contributed by atoms with Gasteiger partial charge in [-0.1, -0.05) is 74.5 Å². The monoisotopic (exact) mass is 559 g/mol. The van der Waals surface area contributed by atoms with Crippen LogP contribution in [-0.2, 0) is 20.8 Å². The molecule has 0 aliphatic carbocycles. The summed E-state index contributed by atoms with van der Waals surface area (Å²) in [5.74, 6) is -0.901. The molecule has 0 aliphatic heterocycles. The molecule has 0 aliphatic rings. The molecular weight excluding hydrogens is 522 g/mol. The minimum absolute atomic E-state index is 0.103. The van der Waals surface area contributed by atoms with Crippen LogP contribution in [0, 0.1) is 16.0 Å². The number of carbonyl (C=O) groups excluding carboxylic acids is 3. The van der Waals surface area contributed by atoms with Gasteiger partial charge in [0.05, 0.1) is 4.92 Å². The van der Waals surface area contributed by atoms with Crippen LogP contribution < -0.4 is 21.3 Å². The Kier molecular flexibility index (Phi) is 11.5. The van der Waals surface area contributed by atoms with Crippen molar-refractivity contribution in [3.63, 3.8) is 0 Å². The van der Waals surface area contributed by atoms with E-state index >= 15 is 0 Å². The van der Waals surface area contributed by atoms with Gasteiger partial charge in [-0.05, 0) is 49.1 Å². The van der Waals surface area contributed by atoms with Crippen molar-refractivity contribution < 1.29 is 19.3 Å². The number of hydrogen-bond acceptors (Lipinski definition) is 6. The van der Waals surface area contributed by atoms with Crippen molar-refractivity contribution in [3.05, 3.63) is 106 Å². The third kappa shape index (κ3) is 9.84. The molecule has 0 saturated heterocycles. The van der Waals surface area contributed by atoms with Crippen LogP contribution >= 0.6 is 0 Å². The van der Waals surface area contributed by atoms with E-state index in [4.69, 9.17) is 0 Å². The van der Waals surface area contributed by atoms with Crippen LogP contribution in [0.25, 0.3) is 0 Å². The van der Waals surface area contributed by atoms with Crippen molar-refractivity contribution in [2.45, 2.75) is 51.7 Å². The number of amides is 3. The van der Waals surface area contributed by atoms with Crippen LogP contribution in [-0.4, -0.2) is 41.3 Å². The van der Waals surface area contributed by atoms with Gasteiger partial charge in [0.2, 0.25) is 17.7 Å². The highest BCUT2D eigenvalue weighted by Crippen LogP contribution is 2.17. The second-order valence-electron chi connectivity index (χ2n) is 10.3. The minimum Gasteiger partial charge on any atom is -0.343 e. The smallest absolute Gasteiger partial charge is 0.269 e. The first-order valence-electron chi connectivity index (χ1n) is 13.6. The Morgan fingerprint density at radius 1 is 0.780 bits per heavy atom. The van der Waals surface area contributed by atoms with Gasteiger partial charge >= 0.3 is 0 Å². The number of nitrogens with zero attached hydrogens (tertiary/aromatic N) is 1. The summed E-state index contributed by atoms with van der Waals surface area (Å²) >= 11 is 0. The highest BCUT2D eigenvalue weighted by Gasteiger charge is 2.27. The largest absolute Gasteiger partial charge is 0.343 e. The number of nitro benzene ring substituents is 1. The average Bonchev–Trinajstić information content (AvgIpc) is 2.96. The summed E-state index contributed by atoms with van der Waals surface area (Å²) in [6.45, 7) is 6.41. The lowest BCUT2D eigenvalue weighted by atomic mass is 10.0. The summed E-state index contributed by atoms with van der Waals surface area (Å²) in [5, 5.41) is 22.5. The fraction of sp³-hybridized carbons (Fsp3) is 0.323. The van der Waals surface area contributed by atoms with Crippen molar-refractivity contribution in [3.8, 4) is 0 Å². The van der Waals surface area contributed by atoms with Crippen LogP contribution in [0.1, 0.15) is 44.4 Å². The van der Waals surface area contributed by atoms with Gasteiger partial charge in [0.1, 0.15) is 18.1 Å². The lowest BCUT2D eigenvalue weighted by Gasteiger charge is -2.24. The third-order valence-corrected chi connectivity index (χ3v) is 6.48. The van der Waals surface area contributed by atoms with E-state index in [1.807, 2.05) is 60.7 Å². The Morgan fingerprint density at radius 2 is 1.39 bits per heavy atom. The Balaban J connectivity index is 1.70. The summed E-state index contributed by atoms with van der Waals surface area (Å²) in [6.07, 6.45) is 1.09. The van der Waals surface area contributed by atoms with Gasteiger partial charge in [0.25, 0.3) is 5.69 Å². The molecule has 3 amide bonds. The zero-order valence-electron chi connectivity index (χ0n) is 23.5. The molecule has 4 N–H and O–H groups in total. The van der Waals surface area contributed by atoms with Gasteiger partial charge in [0.15, 0.2) is 0 Å². The maximum atomic E-state index is 13.3. The molecular formula is C31H37N5O5. The Bertz CT molecular complexity index is 1300. The van der Waals surface area contributed by atoms with Crippen molar-refractivity contribution in [2.24, 2.45) is 5.92 Å². The standard InChI is InChI=1S/C31H37N5O5/c1-21(2)18-19-32-28(24-12-8-5-9-13-24)31(39)33-22(3)29(37)35-27(20-23-10-6-4-7-11-23)30(38)34-25-14-16-26(17-15-25)36(40)41/h4-17,21-22,27-28,32H,18-20H2,1-3H3,(H,33,39)(H,34,38)(H,35,37)/t22-,27-,28-/m0/s1. The highest BCUT2D eigenvalue weighted by atomic mass is 16.6. The first-order valence-corrected chi connectivity index (χ1v) is 13.6. The molecule has 0 radical (unpaired) electrons. The SMILES string of the molecule is CC(C)CCN[C@H](C(=O)N[C@@H](C)C(=O)N[C@@H](Cc1ccccc1)C(=O)Nc1ccc([N+](=O)[O-])cc1)c1ccccc1. The van der Waals surface area contributed by atoms with E-state index < -0.39 is 34.9 Å². The van der Waals surface area contributed by atoms with Crippen LogP contribution in [0.5, 0.6) is 0 Å². The van der Waals surface area contributed by atoms with Crippen LogP contribution in [0.15, 0.2) is 84.9 Å². The zero-order valence-corrected chi connectivity index (χ0v) is 23.5. The molecule has 0 fully saturated rings. The quantitative estimate of drug-likeness (QED) is 0.173. The van der Waals surface area contributed by atoms with Gasteiger partial charge in [-0.3, -0.25) is 24.5 Å². The molecule has 10 nitrogen and oxygen atoms in total. The van der Waals surface area contributed by atoms with Crippen LogP contribution in [0.3, 0.4) is 0 Å². The molecule has 0 aromatic heterocycles. The highest BCUT2D eigenvalue weighted by molar-refractivity contribution is 5.98. The molecule has 216 valence electrons. The molecule has 3 aromatic carbocycles. The van der Waals surface area contributed by atoms with Gasteiger partial charge in [-0.2, -0.15) is 0 Å². The maximum Gasteiger partial charge on any atom is 0.269 e. The van der Waals surface area contributed by atoms with Crippen molar-refractivity contribution in [1.82, 2.24) is 16.0 Å². The minimum atomic E-state index is -0.964. The predicted octanol–water partition coefficient (Wildman–Crippen LogP) is 4.14. The number of rotatable bonds is 14. The third-order valence-electron chi connectivity index (χ3n) is 6.48. The molecule has 0 saturated carbocycles. The Hall–Kier alpha value is -4.57. The van der Waals surface area contributed by atoms with E-state index in [1.165, 1.54) is 24.3 Å². The molecule has 3 aromatic rings.